The summed E-state index contributed by atoms with van der Waals surface area (Å²) in [5.74, 6) is 0. The van der Waals surface area contributed by atoms with E-state index >= 15 is 0 Å². The summed E-state index contributed by atoms with van der Waals surface area (Å²) in [6.45, 7) is 0. The molecule has 1 aromatic heterocycles. The Balaban J connectivity index is 1.01. The van der Waals surface area contributed by atoms with E-state index in [0.717, 1.165) is 50.0 Å². The Morgan fingerprint density at radius 3 is 1.58 bits per heavy atom. The van der Waals surface area contributed by atoms with Crippen LogP contribution in [-0.4, -0.2) is 0 Å². The maximum atomic E-state index is 6.74. The molecule has 2 heteroatoms. The molecule has 298 valence electrons. The first-order chi connectivity index (χ1) is 31.7. The van der Waals surface area contributed by atoms with Gasteiger partial charge in [0, 0.05) is 22.1 Å². The molecule has 0 saturated carbocycles. The molecule has 0 radical (unpaired) electrons. The fourth-order valence-electron chi connectivity index (χ4n) is 10.3. The molecule has 0 fully saturated rings. The number of anilines is 3. The van der Waals surface area contributed by atoms with Crippen LogP contribution in [0.3, 0.4) is 0 Å². The van der Waals surface area contributed by atoms with E-state index in [4.69, 9.17) is 4.42 Å². The van der Waals surface area contributed by atoms with E-state index in [9.17, 15) is 0 Å². The van der Waals surface area contributed by atoms with Gasteiger partial charge in [-0.3, -0.25) is 0 Å². The maximum absolute atomic E-state index is 6.74. The van der Waals surface area contributed by atoms with Crippen LogP contribution in [0.1, 0.15) is 0 Å². The average molecular weight is 814 g/mol. The van der Waals surface area contributed by atoms with Crippen LogP contribution >= 0.6 is 0 Å². The molecule has 0 atom stereocenters. The molecule has 0 aliphatic rings. The van der Waals surface area contributed by atoms with E-state index in [0.29, 0.717) is 0 Å². The summed E-state index contributed by atoms with van der Waals surface area (Å²) in [7, 11) is 0. The number of benzene rings is 12. The van der Waals surface area contributed by atoms with Gasteiger partial charge in [0.05, 0.1) is 11.1 Å². The highest BCUT2D eigenvalue weighted by Crippen LogP contribution is 2.48. The summed E-state index contributed by atoms with van der Waals surface area (Å²) in [5, 5.41) is 14.4. The molecule has 0 N–H and O–H groups in total. The third-order valence-corrected chi connectivity index (χ3v) is 13.2. The predicted octanol–water partition coefficient (Wildman–Crippen LogP) is 17.8. The van der Waals surface area contributed by atoms with Crippen molar-refractivity contribution in [2.24, 2.45) is 0 Å². The highest BCUT2D eigenvalue weighted by atomic mass is 16.3. The summed E-state index contributed by atoms with van der Waals surface area (Å²) in [6, 6.07) is 86.0. The van der Waals surface area contributed by atoms with Crippen molar-refractivity contribution in [2.75, 3.05) is 4.90 Å². The van der Waals surface area contributed by atoms with E-state index in [2.05, 4.69) is 241 Å². The van der Waals surface area contributed by atoms with Crippen LogP contribution in [0.4, 0.5) is 17.1 Å². The van der Waals surface area contributed by atoms with Gasteiger partial charge in [-0.25, -0.2) is 0 Å². The van der Waals surface area contributed by atoms with Crippen molar-refractivity contribution in [1.82, 2.24) is 0 Å². The zero-order valence-corrected chi connectivity index (χ0v) is 34.9. The van der Waals surface area contributed by atoms with Gasteiger partial charge in [-0.15, -0.1) is 0 Å². The van der Waals surface area contributed by atoms with Crippen LogP contribution in [0.25, 0.3) is 109 Å². The van der Waals surface area contributed by atoms with Crippen LogP contribution in [0.2, 0.25) is 0 Å². The Kier molecular flexibility index (Phi) is 8.25. The number of rotatable bonds is 6. The van der Waals surface area contributed by atoms with Crippen molar-refractivity contribution in [3.05, 3.63) is 237 Å². The summed E-state index contributed by atoms with van der Waals surface area (Å²) in [4.78, 5) is 2.40. The zero-order chi connectivity index (χ0) is 42.1. The molecule has 13 aromatic rings. The molecule has 0 unspecified atom stereocenters. The van der Waals surface area contributed by atoms with Crippen molar-refractivity contribution in [3.8, 4) is 33.4 Å². The molecule has 0 aliphatic heterocycles. The van der Waals surface area contributed by atoms with E-state index in [-0.39, 0.29) is 0 Å². The Bertz CT molecular complexity index is 3940. The highest BCUT2D eigenvalue weighted by molar-refractivity contribution is 6.23. The molecule has 12 aromatic carbocycles. The Morgan fingerprint density at radius 2 is 0.812 bits per heavy atom. The lowest BCUT2D eigenvalue weighted by atomic mass is 9.84. The number of fused-ring (bicyclic) bond motifs is 11. The Morgan fingerprint density at radius 1 is 0.281 bits per heavy atom. The molecule has 0 saturated heterocycles. The first-order valence-corrected chi connectivity index (χ1v) is 22.0. The van der Waals surface area contributed by atoms with Crippen LogP contribution in [-0.2, 0) is 0 Å². The SMILES string of the molecule is c1ccc(-c2c(-c3ccccc3)c3cc(-c4ccc(N(c5ccc6c(ccc7ccccc76)c5)c5cccc6oc7c8ccccc8ccc7c56)cc4)ccc3c3ccccc23)cc1. The molecule has 0 amide bonds. The molecule has 64 heavy (non-hydrogen) atoms. The largest absolute Gasteiger partial charge is 0.455 e. The lowest BCUT2D eigenvalue weighted by Crippen LogP contribution is -2.10. The van der Waals surface area contributed by atoms with Crippen LogP contribution < -0.4 is 4.90 Å². The van der Waals surface area contributed by atoms with Gasteiger partial charge in [-0.05, 0) is 130 Å². The number of nitrogens with zero attached hydrogens (tertiary/aromatic N) is 1. The minimum atomic E-state index is 0.866. The predicted molar refractivity (Wildman–Crippen MR) is 272 cm³/mol. The van der Waals surface area contributed by atoms with Gasteiger partial charge in [0.2, 0.25) is 0 Å². The molecule has 0 bridgehead atoms. The minimum Gasteiger partial charge on any atom is -0.455 e. The highest BCUT2D eigenvalue weighted by Gasteiger charge is 2.22. The maximum Gasteiger partial charge on any atom is 0.143 e. The number of hydrogen-bond donors (Lipinski definition) is 0. The average Bonchev–Trinajstić information content (AvgIpc) is 3.77. The number of furan rings is 1. The van der Waals surface area contributed by atoms with Gasteiger partial charge in [-0.2, -0.15) is 0 Å². The molecular formula is C62H39NO. The van der Waals surface area contributed by atoms with Gasteiger partial charge < -0.3 is 9.32 Å². The van der Waals surface area contributed by atoms with E-state index in [1.807, 2.05) is 0 Å². The number of hydrogen-bond acceptors (Lipinski definition) is 2. The zero-order valence-electron chi connectivity index (χ0n) is 34.9. The minimum absolute atomic E-state index is 0.866. The fourth-order valence-corrected chi connectivity index (χ4v) is 10.3. The summed E-state index contributed by atoms with van der Waals surface area (Å²) in [6.07, 6.45) is 0. The van der Waals surface area contributed by atoms with E-state index in [1.165, 1.54) is 76.3 Å². The van der Waals surface area contributed by atoms with Gasteiger partial charge in [0.15, 0.2) is 0 Å². The van der Waals surface area contributed by atoms with Crippen molar-refractivity contribution < 1.29 is 4.42 Å². The standard InChI is InChI=1S/C62H39NO/c1-3-16-43(17-4-1)59-54-23-12-11-22-52(54)53-35-31-45(39-56(53)60(59)44-18-5-2-6-19-44)40-28-32-47(33-29-40)63(48-34-37-50-46(38-48)27-26-41-14-7-9-20-49(41)50)57-24-13-25-58-61(57)55-36-30-42-15-8-10-21-51(42)62(55)64-58/h1-39H. The topological polar surface area (TPSA) is 16.4 Å². The van der Waals surface area contributed by atoms with Crippen molar-refractivity contribution in [3.63, 3.8) is 0 Å². The van der Waals surface area contributed by atoms with Gasteiger partial charge in [0.25, 0.3) is 0 Å². The molecule has 0 spiro atoms. The summed E-state index contributed by atoms with van der Waals surface area (Å²) < 4.78 is 6.74. The quantitative estimate of drug-likeness (QED) is 0.156. The lowest BCUT2D eigenvalue weighted by molar-refractivity contribution is 0.672. The van der Waals surface area contributed by atoms with Crippen molar-refractivity contribution in [1.29, 1.82) is 0 Å². The third-order valence-electron chi connectivity index (χ3n) is 13.2. The van der Waals surface area contributed by atoms with Gasteiger partial charge >= 0.3 is 0 Å². The molecule has 1 heterocycles. The van der Waals surface area contributed by atoms with Gasteiger partial charge in [-0.1, -0.05) is 188 Å². The Labute approximate surface area is 370 Å². The second-order valence-electron chi connectivity index (χ2n) is 16.8. The first-order valence-electron chi connectivity index (χ1n) is 22.0. The third kappa shape index (κ3) is 5.73. The monoisotopic (exact) mass is 813 g/mol. The van der Waals surface area contributed by atoms with E-state index < -0.39 is 0 Å². The fraction of sp³-hybridized carbons (Fsp3) is 0. The van der Waals surface area contributed by atoms with Crippen LogP contribution in [0.15, 0.2) is 241 Å². The molecular weight excluding hydrogens is 775 g/mol. The summed E-state index contributed by atoms with van der Waals surface area (Å²) in [5.41, 5.74) is 12.2. The second-order valence-corrected chi connectivity index (χ2v) is 16.8. The molecule has 2 nitrogen and oxygen atoms in total. The van der Waals surface area contributed by atoms with E-state index in [1.54, 1.807) is 0 Å². The lowest BCUT2D eigenvalue weighted by Gasteiger charge is -2.27. The van der Waals surface area contributed by atoms with Gasteiger partial charge in [0.1, 0.15) is 11.2 Å². The second kappa shape index (κ2) is 14.6. The van der Waals surface area contributed by atoms with Crippen molar-refractivity contribution >= 4 is 92.9 Å². The normalized spacial score (nSPS) is 11.8. The summed E-state index contributed by atoms with van der Waals surface area (Å²) >= 11 is 0. The van der Waals surface area contributed by atoms with Crippen LogP contribution in [0.5, 0.6) is 0 Å². The molecule has 0 aliphatic carbocycles. The van der Waals surface area contributed by atoms with Crippen LogP contribution in [0, 0.1) is 0 Å². The molecule has 13 rings (SSSR count). The smallest absolute Gasteiger partial charge is 0.143 e. The Hall–Kier alpha value is -8.46. The van der Waals surface area contributed by atoms with Crippen molar-refractivity contribution in [2.45, 2.75) is 0 Å². The first kappa shape index (κ1) is 36.2.